The van der Waals surface area contributed by atoms with Crippen molar-refractivity contribution in [2.75, 3.05) is 19.6 Å². The highest BCUT2D eigenvalue weighted by atomic mass is 15.2. The van der Waals surface area contributed by atoms with Gasteiger partial charge in [0.25, 0.3) is 0 Å². The minimum Gasteiger partial charge on any atom is -0.374 e. The summed E-state index contributed by atoms with van der Waals surface area (Å²) in [6, 6.07) is 0.522. The van der Waals surface area contributed by atoms with Gasteiger partial charge in [-0.2, -0.15) is 0 Å². The molecule has 0 radical (unpaired) electrons. The van der Waals surface area contributed by atoms with Gasteiger partial charge in [0, 0.05) is 18.1 Å². The maximum Gasteiger partial charge on any atom is 0.0826 e. The van der Waals surface area contributed by atoms with Crippen LogP contribution in [0.3, 0.4) is 0 Å². The largest absolute Gasteiger partial charge is 0.374 e. The highest BCUT2D eigenvalue weighted by Gasteiger charge is 2.18. The number of hydrogen-bond donors (Lipinski definition) is 1. The van der Waals surface area contributed by atoms with Crippen molar-refractivity contribution >= 4 is 6.34 Å². The van der Waals surface area contributed by atoms with Crippen LogP contribution < -0.4 is 5.32 Å². The third kappa shape index (κ3) is 6.83. The summed E-state index contributed by atoms with van der Waals surface area (Å²) < 4.78 is 0. The average Bonchev–Trinajstić information content (AvgIpc) is 2.20. The van der Waals surface area contributed by atoms with Crippen LogP contribution in [-0.4, -0.2) is 42.5 Å². The Balaban J connectivity index is 3.79. The van der Waals surface area contributed by atoms with E-state index >= 15 is 0 Å². The summed E-state index contributed by atoms with van der Waals surface area (Å²) in [6.45, 7) is 16.3. The Labute approximate surface area is 101 Å². The van der Waals surface area contributed by atoms with Crippen LogP contribution in [0, 0.1) is 0 Å². The SMILES string of the molecule is CCC(C)NC=NCCN(CC)C(C)(C)C. The van der Waals surface area contributed by atoms with Gasteiger partial charge in [0.2, 0.25) is 0 Å². The molecule has 0 aliphatic carbocycles. The molecular formula is C13H29N3. The Hall–Kier alpha value is -0.570. The smallest absolute Gasteiger partial charge is 0.0826 e. The van der Waals surface area contributed by atoms with Crippen LogP contribution in [0.4, 0.5) is 0 Å². The molecule has 0 aliphatic rings. The van der Waals surface area contributed by atoms with Crippen molar-refractivity contribution < 1.29 is 0 Å². The van der Waals surface area contributed by atoms with E-state index in [1.165, 1.54) is 0 Å². The summed E-state index contributed by atoms with van der Waals surface area (Å²) in [5.41, 5.74) is 0.244. The van der Waals surface area contributed by atoms with Gasteiger partial charge in [-0.05, 0) is 40.7 Å². The maximum absolute atomic E-state index is 4.38. The summed E-state index contributed by atoms with van der Waals surface area (Å²) in [7, 11) is 0. The summed E-state index contributed by atoms with van der Waals surface area (Å²) >= 11 is 0. The molecule has 1 unspecified atom stereocenters. The third-order valence-corrected chi connectivity index (χ3v) is 2.89. The van der Waals surface area contributed by atoms with E-state index in [0.717, 1.165) is 26.1 Å². The number of nitrogens with zero attached hydrogens (tertiary/aromatic N) is 2. The summed E-state index contributed by atoms with van der Waals surface area (Å²) in [4.78, 5) is 6.82. The summed E-state index contributed by atoms with van der Waals surface area (Å²) in [5.74, 6) is 0. The highest BCUT2D eigenvalue weighted by Crippen LogP contribution is 2.11. The molecule has 0 saturated carbocycles. The first-order valence-corrected chi connectivity index (χ1v) is 6.41. The van der Waals surface area contributed by atoms with Crippen molar-refractivity contribution in [1.29, 1.82) is 0 Å². The van der Waals surface area contributed by atoms with Gasteiger partial charge in [-0.3, -0.25) is 9.89 Å². The Bertz CT molecular complexity index is 194. The fraction of sp³-hybridized carbons (Fsp3) is 0.923. The zero-order chi connectivity index (χ0) is 12.6. The fourth-order valence-electron chi connectivity index (χ4n) is 1.51. The van der Waals surface area contributed by atoms with Crippen LogP contribution in [0.15, 0.2) is 4.99 Å². The van der Waals surface area contributed by atoms with Gasteiger partial charge in [0.1, 0.15) is 0 Å². The molecule has 3 heteroatoms. The normalized spacial score (nSPS) is 14.7. The molecule has 0 saturated heterocycles. The molecule has 0 fully saturated rings. The van der Waals surface area contributed by atoms with Gasteiger partial charge < -0.3 is 5.32 Å². The summed E-state index contributed by atoms with van der Waals surface area (Å²) in [6.07, 6.45) is 2.99. The zero-order valence-corrected chi connectivity index (χ0v) is 11.9. The molecule has 0 aromatic carbocycles. The molecule has 16 heavy (non-hydrogen) atoms. The minimum atomic E-state index is 0.244. The first kappa shape index (κ1) is 15.4. The molecule has 96 valence electrons. The second kappa shape index (κ2) is 7.66. The van der Waals surface area contributed by atoms with E-state index in [1.807, 2.05) is 6.34 Å². The van der Waals surface area contributed by atoms with Crippen LogP contribution >= 0.6 is 0 Å². The Kier molecular flexibility index (Phi) is 7.39. The van der Waals surface area contributed by atoms with Gasteiger partial charge in [0.15, 0.2) is 0 Å². The standard InChI is InChI=1S/C13H29N3/c1-7-12(3)15-11-14-9-10-16(8-2)13(4,5)6/h11-12H,7-10H2,1-6H3,(H,14,15). The lowest BCUT2D eigenvalue weighted by Crippen LogP contribution is -2.42. The zero-order valence-electron chi connectivity index (χ0n) is 11.9. The van der Waals surface area contributed by atoms with Crippen LogP contribution in [-0.2, 0) is 0 Å². The molecule has 1 N–H and O–H groups in total. The molecule has 0 aromatic heterocycles. The van der Waals surface area contributed by atoms with E-state index in [2.05, 4.69) is 56.8 Å². The fourth-order valence-corrected chi connectivity index (χ4v) is 1.51. The number of likely N-dealkylation sites (N-methyl/N-ethyl adjacent to an activating group) is 1. The van der Waals surface area contributed by atoms with Crippen molar-refractivity contribution in [2.45, 2.75) is 59.5 Å². The highest BCUT2D eigenvalue weighted by molar-refractivity contribution is 5.54. The van der Waals surface area contributed by atoms with Crippen molar-refractivity contribution in [3.63, 3.8) is 0 Å². The number of nitrogens with one attached hydrogen (secondary N) is 1. The van der Waals surface area contributed by atoms with E-state index < -0.39 is 0 Å². The Morgan fingerprint density at radius 3 is 2.38 bits per heavy atom. The van der Waals surface area contributed by atoms with Crippen LogP contribution in [0.5, 0.6) is 0 Å². The molecule has 0 heterocycles. The number of aliphatic imine (C=N–C) groups is 1. The second-order valence-corrected chi connectivity index (χ2v) is 5.26. The second-order valence-electron chi connectivity index (χ2n) is 5.26. The number of hydrogen-bond acceptors (Lipinski definition) is 2. The first-order chi connectivity index (χ1) is 7.41. The molecule has 0 aliphatic heterocycles. The molecule has 0 amide bonds. The van der Waals surface area contributed by atoms with Gasteiger partial charge in [0.05, 0.1) is 12.9 Å². The van der Waals surface area contributed by atoms with Crippen molar-refractivity contribution in [3.05, 3.63) is 0 Å². The topological polar surface area (TPSA) is 27.6 Å². The molecular weight excluding hydrogens is 198 g/mol. The predicted octanol–water partition coefficient (Wildman–Crippen LogP) is 2.52. The van der Waals surface area contributed by atoms with E-state index in [4.69, 9.17) is 0 Å². The lowest BCUT2D eigenvalue weighted by Gasteiger charge is -2.34. The van der Waals surface area contributed by atoms with Crippen molar-refractivity contribution in [2.24, 2.45) is 4.99 Å². The van der Waals surface area contributed by atoms with E-state index in [0.29, 0.717) is 6.04 Å². The first-order valence-electron chi connectivity index (χ1n) is 6.41. The van der Waals surface area contributed by atoms with E-state index in [9.17, 15) is 0 Å². The van der Waals surface area contributed by atoms with Crippen LogP contribution in [0.2, 0.25) is 0 Å². The average molecular weight is 227 g/mol. The molecule has 0 rings (SSSR count). The van der Waals surface area contributed by atoms with Crippen molar-refractivity contribution in [1.82, 2.24) is 10.2 Å². The molecule has 0 spiro atoms. The van der Waals surface area contributed by atoms with Gasteiger partial charge in [-0.25, -0.2) is 0 Å². The maximum atomic E-state index is 4.38. The van der Waals surface area contributed by atoms with Gasteiger partial charge in [-0.15, -0.1) is 0 Å². The quantitative estimate of drug-likeness (QED) is 0.534. The predicted molar refractivity (Wildman–Crippen MR) is 73.2 cm³/mol. The lowest BCUT2D eigenvalue weighted by atomic mass is 10.1. The Morgan fingerprint density at radius 1 is 1.31 bits per heavy atom. The molecule has 1 atom stereocenters. The molecule has 3 nitrogen and oxygen atoms in total. The van der Waals surface area contributed by atoms with Gasteiger partial charge >= 0.3 is 0 Å². The van der Waals surface area contributed by atoms with Crippen LogP contribution in [0.25, 0.3) is 0 Å². The van der Waals surface area contributed by atoms with E-state index in [-0.39, 0.29) is 5.54 Å². The van der Waals surface area contributed by atoms with E-state index in [1.54, 1.807) is 0 Å². The molecule has 0 aromatic rings. The molecule has 0 bridgehead atoms. The van der Waals surface area contributed by atoms with Crippen LogP contribution in [0.1, 0.15) is 48.0 Å². The minimum absolute atomic E-state index is 0.244. The lowest BCUT2D eigenvalue weighted by molar-refractivity contribution is 0.150. The summed E-state index contributed by atoms with van der Waals surface area (Å²) in [5, 5.41) is 3.25. The number of rotatable bonds is 7. The van der Waals surface area contributed by atoms with Gasteiger partial charge in [-0.1, -0.05) is 13.8 Å². The Morgan fingerprint density at radius 2 is 1.94 bits per heavy atom. The third-order valence-electron chi connectivity index (χ3n) is 2.89. The monoisotopic (exact) mass is 227 g/mol. The van der Waals surface area contributed by atoms with Crippen molar-refractivity contribution in [3.8, 4) is 0 Å².